The SMILES string of the molecule is O=C1CCC2(CCOC2)CN1CCCc1ncc[nH]1. The Hall–Kier alpha value is -1.36. The van der Waals surface area contributed by atoms with Crippen LogP contribution in [0.5, 0.6) is 0 Å². The predicted octanol–water partition coefficient (Wildman–Crippen LogP) is 1.37. The maximum absolute atomic E-state index is 12.0. The van der Waals surface area contributed by atoms with Crippen molar-refractivity contribution in [2.45, 2.75) is 32.1 Å². The maximum atomic E-state index is 12.0. The molecule has 0 radical (unpaired) electrons. The summed E-state index contributed by atoms with van der Waals surface area (Å²) in [6, 6.07) is 0. The van der Waals surface area contributed by atoms with Gasteiger partial charge in [-0.1, -0.05) is 0 Å². The summed E-state index contributed by atoms with van der Waals surface area (Å²) in [4.78, 5) is 21.3. The summed E-state index contributed by atoms with van der Waals surface area (Å²) in [5, 5.41) is 0. The molecule has 1 atom stereocenters. The molecule has 1 amide bonds. The van der Waals surface area contributed by atoms with Gasteiger partial charge in [0.25, 0.3) is 0 Å². The number of likely N-dealkylation sites (tertiary alicyclic amines) is 1. The van der Waals surface area contributed by atoms with Gasteiger partial charge in [-0.25, -0.2) is 4.98 Å². The lowest BCUT2D eigenvalue weighted by atomic mass is 9.79. The van der Waals surface area contributed by atoms with E-state index < -0.39 is 0 Å². The molecule has 2 fully saturated rings. The van der Waals surface area contributed by atoms with Gasteiger partial charge in [0.15, 0.2) is 0 Å². The molecule has 2 aliphatic rings. The zero-order chi connectivity index (χ0) is 13.1. The molecule has 1 N–H and O–H groups in total. The van der Waals surface area contributed by atoms with Crippen molar-refractivity contribution in [2.24, 2.45) is 5.41 Å². The molecule has 0 saturated carbocycles. The molecule has 2 aliphatic heterocycles. The first-order valence-corrected chi connectivity index (χ1v) is 7.11. The third-order valence-electron chi connectivity index (χ3n) is 4.33. The molecule has 3 rings (SSSR count). The number of piperidine rings is 1. The number of nitrogens with zero attached hydrogens (tertiary/aromatic N) is 2. The summed E-state index contributed by atoms with van der Waals surface area (Å²) in [7, 11) is 0. The summed E-state index contributed by atoms with van der Waals surface area (Å²) in [5.74, 6) is 1.31. The Bertz CT molecular complexity index is 424. The largest absolute Gasteiger partial charge is 0.381 e. The molecule has 2 saturated heterocycles. The maximum Gasteiger partial charge on any atom is 0.222 e. The molecule has 0 aliphatic carbocycles. The second-order valence-electron chi connectivity index (χ2n) is 5.76. The highest BCUT2D eigenvalue weighted by molar-refractivity contribution is 5.77. The summed E-state index contributed by atoms with van der Waals surface area (Å²) < 4.78 is 5.53. The predicted molar refractivity (Wildman–Crippen MR) is 70.6 cm³/mol. The number of imidazole rings is 1. The molecule has 0 bridgehead atoms. The molecular formula is C14H21N3O2. The van der Waals surface area contributed by atoms with Crippen molar-refractivity contribution < 1.29 is 9.53 Å². The van der Waals surface area contributed by atoms with Crippen molar-refractivity contribution in [2.75, 3.05) is 26.3 Å². The van der Waals surface area contributed by atoms with Crippen LogP contribution in [0.25, 0.3) is 0 Å². The molecule has 0 aromatic carbocycles. The van der Waals surface area contributed by atoms with E-state index in [-0.39, 0.29) is 5.41 Å². The number of hydrogen-bond donors (Lipinski definition) is 1. The highest BCUT2D eigenvalue weighted by Gasteiger charge is 2.41. The number of aromatic amines is 1. The summed E-state index contributed by atoms with van der Waals surface area (Å²) in [5.41, 5.74) is 0.249. The zero-order valence-corrected chi connectivity index (χ0v) is 11.2. The number of carbonyl (C=O) groups excluding carboxylic acids is 1. The number of aromatic nitrogens is 2. The number of H-pyrrole nitrogens is 1. The van der Waals surface area contributed by atoms with E-state index in [1.807, 2.05) is 11.1 Å². The van der Waals surface area contributed by atoms with Gasteiger partial charge in [-0.05, 0) is 19.3 Å². The molecule has 1 aromatic rings. The Morgan fingerprint density at radius 2 is 2.42 bits per heavy atom. The number of ether oxygens (including phenoxy) is 1. The average molecular weight is 263 g/mol. The smallest absolute Gasteiger partial charge is 0.222 e. The van der Waals surface area contributed by atoms with Crippen LogP contribution in [0.15, 0.2) is 12.4 Å². The normalized spacial score (nSPS) is 27.4. The van der Waals surface area contributed by atoms with Crippen molar-refractivity contribution in [3.8, 4) is 0 Å². The standard InChI is InChI=1S/C14H21N3O2/c18-13-3-4-14(5-9-19-11-14)10-17(13)8-1-2-12-15-6-7-16-12/h6-7H,1-5,8-11H2,(H,15,16). The molecule has 1 spiro atoms. The van der Waals surface area contributed by atoms with Crippen molar-refractivity contribution in [3.05, 3.63) is 18.2 Å². The van der Waals surface area contributed by atoms with E-state index in [2.05, 4.69) is 9.97 Å². The van der Waals surface area contributed by atoms with Gasteiger partial charge < -0.3 is 14.6 Å². The molecule has 5 heteroatoms. The minimum atomic E-state index is 0.249. The number of aryl methyl sites for hydroxylation is 1. The van der Waals surface area contributed by atoms with Gasteiger partial charge in [0.2, 0.25) is 5.91 Å². The van der Waals surface area contributed by atoms with Crippen molar-refractivity contribution in [1.29, 1.82) is 0 Å². The van der Waals surface area contributed by atoms with Gasteiger partial charge in [-0.3, -0.25) is 4.79 Å². The van der Waals surface area contributed by atoms with Crippen molar-refractivity contribution >= 4 is 5.91 Å². The summed E-state index contributed by atoms with van der Waals surface area (Å²) in [6.45, 7) is 3.40. The highest BCUT2D eigenvalue weighted by Crippen LogP contribution is 2.38. The molecule has 1 unspecified atom stereocenters. The number of nitrogens with one attached hydrogen (secondary N) is 1. The topological polar surface area (TPSA) is 58.2 Å². The fraction of sp³-hybridized carbons (Fsp3) is 0.714. The number of hydrogen-bond acceptors (Lipinski definition) is 3. The third kappa shape index (κ3) is 2.81. The molecule has 5 nitrogen and oxygen atoms in total. The van der Waals surface area contributed by atoms with Crippen LogP contribution in [0.4, 0.5) is 0 Å². The minimum absolute atomic E-state index is 0.249. The lowest BCUT2D eigenvalue weighted by Gasteiger charge is -2.39. The number of amides is 1. The van der Waals surface area contributed by atoms with Gasteiger partial charge in [0.05, 0.1) is 6.61 Å². The van der Waals surface area contributed by atoms with Gasteiger partial charge in [-0.2, -0.15) is 0 Å². The lowest BCUT2D eigenvalue weighted by molar-refractivity contribution is -0.137. The Morgan fingerprint density at radius 3 is 3.16 bits per heavy atom. The van der Waals surface area contributed by atoms with Gasteiger partial charge in [-0.15, -0.1) is 0 Å². The Balaban J connectivity index is 1.52. The lowest BCUT2D eigenvalue weighted by Crippen LogP contribution is -2.47. The van der Waals surface area contributed by atoms with Crippen LogP contribution in [0.3, 0.4) is 0 Å². The first-order chi connectivity index (χ1) is 9.27. The Kier molecular flexibility index (Phi) is 3.55. The van der Waals surface area contributed by atoms with Crippen LogP contribution < -0.4 is 0 Å². The van der Waals surface area contributed by atoms with E-state index in [0.29, 0.717) is 12.3 Å². The van der Waals surface area contributed by atoms with E-state index in [1.54, 1.807) is 6.20 Å². The van der Waals surface area contributed by atoms with E-state index in [4.69, 9.17) is 4.74 Å². The van der Waals surface area contributed by atoms with Crippen molar-refractivity contribution in [1.82, 2.24) is 14.9 Å². The fourth-order valence-corrected chi connectivity index (χ4v) is 3.15. The van der Waals surface area contributed by atoms with E-state index in [1.165, 1.54) is 0 Å². The van der Waals surface area contributed by atoms with Crippen LogP contribution >= 0.6 is 0 Å². The van der Waals surface area contributed by atoms with Crippen molar-refractivity contribution in [3.63, 3.8) is 0 Å². The van der Waals surface area contributed by atoms with E-state index >= 15 is 0 Å². The van der Waals surface area contributed by atoms with E-state index in [9.17, 15) is 4.79 Å². The van der Waals surface area contributed by atoms with Crippen LogP contribution in [0.2, 0.25) is 0 Å². The fourth-order valence-electron chi connectivity index (χ4n) is 3.15. The summed E-state index contributed by atoms with van der Waals surface area (Å²) >= 11 is 0. The first-order valence-electron chi connectivity index (χ1n) is 7.11. The minimum Gasteiger partial charge on any atom is -0.381 e. The quantitative estimate of drug-likeness (QED) is 0.892. The molecular weight excluding hydrogens is 242 g/mol. The van der Waals surface area contributed by atoms with Crippen LogP contribution in [0, 0.1) is 5.41 Å². The molecule has 1 aromatic heterocycles. The number of rotatable bonds is 4. The van der Waals surface area contributed by atoms with Gasteiger partial charge in [0, 0.05) is 50.3 Å². The monoisotopic (exact) mass is 263 g/mol. The van der Waals surface area contributed by atoms with Gasteiger partial charge in [0.1, 0.15) is 5.82 Å². The van der Waals surface area contributed by atoms with Crippen LogP contribution in [-0.2, 0) is 16.0 Å². The second-order valence-corrected chi connectivity index (χ2v) is 5.76. The molecule has 3 heterocycles. The number of carbonyl (C=O) groups is 1. The Morgan fingerprint density at radius 1 is 1.47 bits per heavy atom. The second kappa shape index (κ2) is 5.33. The average Bonchev–Trinajstić information content (AvgIpc) is 3.06. The van der Waals surface area contributed by atoms with Crippen LogP contribution in [-0.4, -0.2) is 47.1 Å². The Labute approximate surface area is 113 Å². The third-order valence-corrected chi connectivity index (χ3v) is 4.33. The highest BCUT2D eigenvalue weighted by atomic mass is 16.5. The first kappa shape index (κ1) is 12.7. The van der Waals surface area contributed by atoms with E-state index in [0.717, 1.165) is 57.8 Å². The van der Waals surface area contributed by atoms with Crippen LogP contribution in [0.1, 0.15) is 31.5 Å². The van der Waals surface area contributed by atoms with Gasteiger partial charge >= 0.3 is 0 Å². The molecule has 104 valence electrons. The molecule has 19 heavy (non-hydrogen) atoms. The zero-order valence-electron chi connectivity index (χ0n) is 11.2. The summed E-state index contributed by atoms with van der Waals surface area (Å²) in [6.07, 6.45) is 8.27.